The number of para-hydroxylation sites is 1. The van der Waals surface area contributed by atoms with Crippen LogP contribution >= 0.6 is 11.6 Å². The number of fused-ring (bicyclic) bond motifs is 1. The first-order valence-electron chi connectivity index (χ1n) is 11.6. The quantitative estimate of drug-likeness (QED) is 0.371. The van der Waals surface area contributed by atoms with E-state index in [0.29, 0.717) is 22.3 Å². The second kappa shape index (κ2) is 8.87. The molecule has 5 rings (SSSR count). The molecule has 3 amide bonds. The van der Waals surface area contributed by atoms with Crippen molar-refractivity contribution in [3.05, 3.63) is 53.6 Å². The van der Waals surface area contributed by atoms with E-state index in [1.54, 1.807) is 42.5 Å². The summed E-state index contributed by atoms with van der Waals surface area (Å²) in [6.45, 7) is 2.28. The molecule has 34 heavy (non-hydrogen) atoms. The van der Waals surface area contributed by atoms with E-state index in [2.05, 4.69) is 6.92 Å². The molecule has 176 valence electrons. The summed E-state index contributed by atoms with van der Waals surface area (Å²) in [5.74, 6) is -1.64. The second-order valence-corrected chi connectivity index (χ2v) is 9.83. The molecule has 2 heterocycles. The molecular formula is C26H25ClN2O5. The number of esters is 1. The number of anilines is 2. The van der Waals surface area contributed by atoms with Crippen LogP contribution < -0.4 is 14.5 Å². The van der Waals surface area contributed by atoms with Crippen LogP contribution in [-0.4, -0.2) is 30.2 Å². The molecule has 2 aromatic rings. The van der Waals surface area contributed by atoms with E-state index >= 15 is 0 Å². The highest BCUT2D eigenvalue weighted by Crippen LogP contribution is 2.42. The maximum atomic E-state index is 13.0. The molecule has 1 saturated carbocycles. The van der Waals surface area contributed by atoms with Crippen molar-refractivity contribution in [3.63, 3.8) is 0 Å². The summed E-state index contributed by atoms with van der Waals surface area (Å²) >= 11 is 6.21. The fraction of sp³-hybridized carbons (Fsp3) is 0.385. The van der Waals surface area contributed by atoms with Crippen molar-refractivity contribution in [2.75, 3.05) is 16.3 Å². The number of imide groups is 1. The Morgan fingerprint density at radius 1 is 1.00 bits per heavy atom. The summed E-state index contributed by atoms with van der Waals surface area (Å²) in [4.78, 5) is 54.1. The van der Waals surface area contributed by atoms with Crippen molar-refractivity contribution < 1.29 is 23.9 Å². The number of halogens is 1. The lowest BCUT2D eigenvalue weighted by Crippen LogP contribution is -2.31. The summed E-state index contributed by atoms with van der Waals surface area (Å²) in [5.41, 5.74) is 0.968. The summed E-state index contributed by atoms with van der Waals surface area (Å²) in [6.07, 6.45) is 2.41. The van der Waals surface area contributed by atoms with E-state index in [1.165, 1.54) is 15.9 Å². The third kappa shape index (κ3) is 3.98. The number of carbonyl (C=O) groups is 4. The minimum absolute atomic E-state index is 0.0222. The van der Waals surface area contributed by atoms with Crippen LogP contribution in [0.4, 0.5) is 11.4 Å². The van der Waals surface area contributed by atoms with Gasteiger partial charge in [-0.15, -0.1) is 0 Å². The zero-order valence-electron chi connectivity index (χ0n) is 18.8. The predicted molar refractivity (Wildman–Crippen MR) is 126 cm³/mol. The number of benzene rings is 2. The Morgan fingerprint density at radius 3 is 2.56 bits per heavy atom. The number of hydrogen-bond acceptors (Lipinski definition) is 5. The van der Waals surface area contributed by atoms with Crippen LogP contribution in [0.1, 0.15) is 32.6 Å². The molecular weight excluding hydrogens is 456 g/mol. The number of rotatable bonds is 4. The van der Waals surface area contributed by atoms with Gasteiger partial charge in [0.2, 0.25) is 17.7 Å². The van der Waals surface area contributed by atoms with Crippen LogP contribution in [0.3, 0.4) is 0 Å². The highest BCUT2D eigenvalue weighted by Gasteiger charge is 2.50. The van der Waals surface area contributed by atoms with Gasteiger partial charge in [0.05, 0.1) is 34.2 Å². The first-order valence-corrected chi connectivity index (χ1v) is 12.0. The van der Waals surface area contributed by atoms with Gasteiger partial charge in [-0.25, -0.2) is 4.90 Å². The van der Waals surface area contributed by atoms with Crippen LogP contribution in [0.15, 0.2) is 48.5 Å². The van der Waals surface area contributed by atoms with Gasteiger partial charge in [0.25, 0.3) is 0 Å². The topological polar surface area (TPSA) is 84.0 Å². The first-order chi connectivity index (χ1) is 16.3. The molecule has 0 aromatic heterocycles. The second-order valence-electron chi connectivity index (χ2n) is 9.42. The van der Waals surface area contributed by atoms with Gasteiger partial charge in [0.1, 0.15) is 5.75 Å². The summed E-state index contributed by atoms with van der Waals surface area (Å²) in [7, 11) is 0. The average Bonchev–Trinajstić information content (AvgIpc) is 3.31. The number of ether oxygens (including phenoxy) is 1. The molecule has 0 spiro atoms. The molecule has 1 aliphatic carbocycles. The smallest absolute Gasteiger partial charge is 0.316 e. The fourth-order valence-corrected chi connectivity index (χ4v) is 5.54. The van der Waals surface area contributed by atoms with Gasteiger partial charge in [-0.05, 0) is 49.4 Å². The summed E-state index contributed by atoms with van der Waals surface area (Å²) in [6, 6.07) is 13.4. The van der Waals surface area contributed by atoms with Crippen molar-refractivity contribution in [1.29, 1.82) is 0 Å². The molecule has 4 atom stereocenters. The Balaban J connectivity index is 1.30. The van der Waals surface area contributed by atoms with Crippen molar-refractivity contribution in [3.8, 4) is 5.75 Å². The zero-order valence-corrected chi connectivity index (χ0v) is 19.5. The number of carbonyl (C=O) groups excluding carboxylic acids is 4. The van der Waals surface area contributed by atoms with Crippen LogP contribution in [0.5, 0.6) is 5.75 Å². The highest BCUT2D eigenvalue weighted by atomic mass is 35.5. The minimum Gasteiger partial charge on any atom is -0.426 e. The predicted octanol–water partition coefficient (Wildman–Crippen LogP) is 4.22. The SMILES string of the molecule is C[C@@H]1CC[C@@H]2C(=O)N(c3cccc(OC(=O)[C@H]4CC(=O)N(c5ccccc5Cl)C4)c3)C(=O)[C@H]2C1. The van der Waals surface area contributed by atoms with E-state index in [-0.39, 0.29) is 48.3 Å². The first kappa shape index (κ1) is 22.6. The molecule has 0 radical (unpaired) electrons. The zero-order chi connectivity index (χ0) is 24.0. The van der Waals surface area contributed by atoms with Crippen LogP contribution in [0.25, 0.3) is 0 Å². The van der Waals surface area contributed by atoms with Gasteiger partial charge >= 0.3 is 5.97 Å². The van der Waals surface area contributed by atoms with Gasteiger partial charge in [0, 0.05) is 19.0 Å². The van der Waals surface area contributed by atoms with Crippen LogP contribution in [-0.2, 0) is 19.2 Å². The third-order valence-corrected chi connectivity index (χ3v) is 7.40. The summed E-state index contributed by atoms with van der Waals surface area (Å²) in [5, 5.41) is 0.437. The molecule has 0 bridgehead atoms. The largest absolute Gasteiger partial charge is 0.426 e. The van der Waals surface area contributed by atoms with E-state index in [9.17, 15) is 19.2 Å². The van der Waals surface area contributed by atoms with E-state index in [4.69, 9.17) is 16.3 Å². The average molecular weight is 481 g/mol. The maximum Gasteiger partial charge on any atom is 0.316 e. The molecule has 3 fully saturated rings. The molecule has 3 aliphatic rings. The van der Waals surface area contributed by atoms with Crippen molar-refractivity contribution in [2.24, 2.45) is 23.7 Å². The molecule has 2 aromatic carbocycles. The normalized spacial score (nSPS) is 26.7. The lowest BCUT2D eigenvalue weighted by molar-refractivity contribution is -0.139. The van der Waals surface area contributed by atoms with Crippen molar-refractivity contribution in [1.82, 2.24) is 0 Å². The molecule has 8 heteroatoms. The van der Waals surface area contributed by atoms with Gasteiger partial charge in [-0.3, -0.25) is 19.2 Å². The van der Waals surface area contributed by atoms with Crippen LogP contribution in [0.2, 0.25) is 5.02 Å². The molecule has 2 saturated heterocycles. The maximum absolute atomic E-state index is 13.0. The van der Waals surface area contributed by atoms with Crippen molar-refractivity contribution >= 4 is 46.7 Å². The lowest BCUT2D eigenvalue weighted by atomic mass is 9.76. The Bertz CT molecular complexity index is 1180. The number of nitrogens with zero attached hydrogens (tertiary/aromatic N) is 2. The highest BCUT2D eigenvalue weighted by molar-refractivity contribution is 6.34. The standard InChI is InChI=1S/C26H25ClN2O5/c1-15-9-10-19-20(11-15)25(32)29(24(19)31)17-5-4-6-18(13-17)34-26(33)16-12-23(30)28(14-16)22-8-3-2-7-21(22)27/h2-8,13,15-16,19-20H,9-12,14H2,1H3/t15-,16+,19+,20+/m1/s1. The molecule has 2 aliphatic heterocycles. The van der Waals surface area contributed by atoms with Gasteiger partial charge in [-0.2, -0.15) is 0 Å². The summed E-state index contributed by atoms with van der Waals surface area (Å²) < 4.78 is 5.57. The van der Waals surface area contributed by atoms with E-state index in [0.717, 1.165) is 19.3 Å². The van der Waals surface area contributed by atoms with Gasteiger partial charge in [-0.1, -0.05) is 36.7 Å². The minimum atomic E-state index is -0.646. The fourth-order valence-electron chi connectivity index (χ4n) is 5.30. The Kier molecular flexibility index (Phi) is 5.90. The van der Waals surface area contributed by atoms with E-state index in [1.807, 2.05) is 0 Å². The number of amides is 3. The van der Waals surface area contributed by atoms with Crippen LogP contribution in [0, 0.1) is 23.7 Å². The molecule has 0 unspecified atom stereocenters. The Labute approximate surface area is 202 Å². The number of hydrogen-bond donors (Lipinski definition) is 0. The Morgan fingerprint density at radius 2 is 1.76 bits per heavy atom. The van der Waals surface area contributed by atoms with E-state index < -0.39 is 11.9 Å². The molecule has 7 nitrogen and oxygen atoms in total. The third-order valence-electron chi connectivity index (χ3n) is 7.08. The van der Waals surface area contributed by atoms with Crippen molar-refractivity contribution in [2.45, 2.75) is 32.6 Å². The van der Waals surface area contributed by atoms with Gasteiger partial charge in [0.15, 0.2) is 0 Å². The Hall–Kier alpha value is -3.19. The van der Waals surface area contributed by atoms with Gasteiger partial charge < -0.3 is 9.64 Å². The molecule has 0 N–H and O–H groups in total. The monoisotopic (exact) mass is 480 g/mol. The lowest BCUT2D eigenvalue weighted by Gasteiger charge is -2.25.